The first kappa shape index (κ1) is 24.2. The van der Waals surface area contributed by atoms with E-state index < -0.39 is 15.8 Å². The van der Waals surface area contributed by atoms with Crippen LogP contribution in [0.5, 0.6) is 11.5 Å². The number of ether oxygens (including phenoxy) is 2. The standard InChI is InChI=1S/C26H26O6S2/c1-2-31-20-4-3-5-23(15-20)33-22-8-10-24(11-9-22)34(29,30)25-13-19(14-26(27)28)12-21(16-25)32-17-18-6-7-18/h3-5,8-13,15-16,18H,2,6-7,14,17H2,1H3,(H,27,28). The zero-order valence-corrected chi connectivity index (χ0v) is 20.4. The van der Waals surface area contributed by atoms with Crippen LogP contribution in [0.1, 0.15) is 25.3 Å². The normalized spacial score (nSPS) is 13.4. The molecule has 0 aromatic heterocycles. The van der Waals surface area contributed by atoms with Gasteiger partial charge in [-0.05, 0) is 91.9 Å². The van der Waals surface area contributed by atoms with Crippen LogP contribution in [0.25, 0.3) is 0 Å². The zero-order valence-electron chi connectivity index (χ0n) is 18.8. The van der Waals surface area contributed by atoms with Gasteiger partial charge < -0.3 is 14.6 Å². The van der Waals surface area contributed by atoms with E-state index in [1.54, 1.807) is 30.3 Å². The molecule has 1 fully saturated rings. The van der Waals surface area contributed by atoms with Crippen LogP contribution in [-0.4, -0.2) is 32.7 Å². The van der Waals surface area contributed by atoms with Gasteiger partial charge in [0.1, 0.15) is 11.5 Å². The Morgan fingerprint density at radius 1 is 0.941 bits per heavy atom. The van der Waals surface area contributed by atoms with Crippen LogP contribution in [0.15, 0.2) is 86.3 Å². The molecule has 0 heterocycles. The van der Waals surface area contributed by atoms with Gasteiger partial charge in [-0.3, -0.25) is 4.79 Å². The molecule has 0 saturated heterocycles. The molecule has 0 unspecified atom stereocenters. The maximum absolute atomic E-state index is 13.3. The van der Waals surface area contributed by atoms with Crippen LogP contribution >= 0.6 is 11.8 Å². The first-order valence-corrected chi connectivity index (χ1v) is 13.4. The van der Waals surface area contributed by atoms with E-state index in [-0.39, 0.29) is 16.2 Å². The zero-order chi connectivity index (χ0) is 24.1. The van der Waals surface area contributed by atoms with Gasteiger partial charge in [0.05, 0.1) is 29.4 Å². The van der Waals surface area contributed by atoms with Crippen molar-refractivity contribution in [1.82, 2.24) is 0 Å². The molecule has 0 spiro atoms. The van der Waals surface area contributed by atoms with Gasteiger partial charge in [-0.1, -0.05) is 17.8 Å². The van der Waals surface area contributed by atoms with Crippen LogP contribution in [0.2, 0.25) is 0 Å². The Bertz CT molecular complexity index is 1260. The van der Waals surface area contributed by atoms with E-state index in [1.807, 2.05) is 31.2 Å². The molecule has 178 valence electrons. The fourth-order valence-electron chi connectivity index (χ4n) is 3.40. The van der Waals surface area contributed by atoms with Crippen LogP contribution in [-0.2, 0) is 21.1 Å². The highest BCUT2D eigenvalue weighted by atomic mass is 32.2. The topological polar surface area (TPSA) is 89.9 Å². The summed E-state index contributed by atoms with van der Waals surface area (Å²) in [5, 5.41) is 9.19. The highest BCUT2D eigenvalue weighted by Crippen LogP contribution is 2.33. The van der Waals surface area contributed by atoms with Gasteiger partial charge in [0.15, 0.2) is 0 Å². The highest BCUT2D eigenvalue weighted by molar-refractivity contribution is 7.99. The van der Waals surface area contributed by atoms with Crippen molar-refractivity contribution < 1.29 is 27.8 Å². The molecule has 1 aliphatic carbocycles. The average Bonchev–Trinajstić information content (AvgIpc) is 3.63. The molecule has 1 aliphatic rings. The fraction of sp³-hybridized carbons (Fsp3) is 0.269. The Morgan fingerprint density at radius 3 is 2.38 bits per heavy atom. The molecule has 8 heteroatoms. The molecule has 0 amide bonds. The smallest absolute Gasteiger partial charge is 0.307 e. The predicted molar refractivity (Wildman–Crippen MR) is 130 cm³/mol. The molecule has 0 bridgehead atoms. The molecule has 0 radical (unpaired) electrons. The number of aliphatic carboxylic acids is 1. The summed E-state index contributed by atoms with van der Waals surface area (Å²) in [4.78, 5) is 13.3. The predicted octanol–water partition coefficient (Wildman–Crippen LogP) is 5.49. The van der Waals surface area contributed by atoms with E-state index in [0.717, 1.165) is 28.4 Å². The Balaban J connectivity index is 1.56. The molecule has 3 aromatic rings. The van der Waals surface area contributed by atoms with Gasteiger partial charge in [-0.2, -0.15) is 0 Å². The third-order valence-corrected chi connectivity index (χ3v) is 8.02. The molecule has 34 heavy (non-hydrogen) atoms. The van der Waals surface area contributed by atoms with Crippen molar-refractivity contribution in [2.75, 3.05) is 13.2 Å². The van der Waals surface area contributed by atoms with Crippen LogP contribution in [0.3, 0.4) is 0 Å². The van der Waals surface area contributed by atoms with Crippen molar-refractivity contribution in [3.05, 3.63) is 72.3 Å². The fourth-order valence-corrected chi connectivity index (χ4v) is 5.61. The lowest BCUT2D eigenvalue weighted by molar-refractivity contribution is -0.136. The number of hydrogen-bond acceptors (Lipinski definition) is 6. The molecule has 6 nitrogen and oxygen atoms in total. The summed E-state index contributed by atoms with van der Waals surface area (Å²) in [5.41, 5.74) is 0.390. The minimum Gasteiger partial charge on any atom is -0.494 e. The number of sulfone groups is 1. The largest absolute Gasteiger partial charge is 0.494 e. The second kappa shape index (κ2) is 10.5. The maximum atomic E-state index is 13.3. The van der Waals surface area contributed by atoms with Crippen molar-refractivity contribution >= 4 is 27.6 Å². The Morgan fingerprint density at radius 2 is 1.71 bits per heavy atom. The van der Waals surface area contributed by atoms with E-state index in [0.29, 0.717) is 30.4 Å². The summed E-state index contributed by atoms with van der Waals surface area (Å²) < 4.78 is 38.0. The number of rotatable bonds is 11. The van der Waals surface area contributed by atoms with Crippen molar-refractivity contribution in [1.29, 1.82) is 0 Å². The first-order chi connectivity index (χ1) is 16.3. The summed E-state index contributed by atoms with van der Waals surface area (Å²) in [5.74, 6) is 0.623. The van der Waals surface area contributed by atoms with Crippen LogP contribution < -0.4 is 9.47 Å². The van der Waals surface area contributed by atoms with Crippen molar-refractivity contribution in [2.24, 2.45) is 5.92 Å². The van der Waals surface area contributed by atoms with Crippen LogP contribution in [0, 0.1) is 5.92 Å². The summed E-state index contributed by atoms with van der Waals surface area (Å²) in [6, 6.07) is 18.9. The number of carboxylic acids is 1. The third-order valence-electron chi connectivity index (χ3n) is 5.27. The SMILES string of the molecule is CCOc1cccc(Sc2ccc(S(=O)(=O)c3cc(CC(=O)O)cc(OCC4CC4)c3)cc2)c1. The quantitative estimate of drug-likeness (QED) is 0.374. The third kappa shape index (κ3) is 6.33. The minimum absolute atomic E-state index is 0.0295. The van der Waals surface area contributed by atoms with Crippen molar-refractivity contribution in [3.8, 4) is 11.5 Å². The first-order valence-electron chi connectivity index (χ1n) is 11.1. The molecule has 1 saturated carbocycles. The Kier molecular flexibility index (Phi) is 7.48. The van der Waals surface area contributed by atoms with E-state index in [4.69, 9.17) is 9.47 Å². The molecular weight excluding hydrogens is 472 g/mol. The van der Waals surface area contributed by atoms with Crippen molar-refractivity contribution in [3.63, 3.8) is 0 Å². The second-order valence-corrected chi connectivity index (χ2v) is 11.2. The summed E-state index contributed by atoms with van der Waals surface area (Å²) in [6.45, 7) is 3.02. The lowest BCUT2D eigenvalue weighted by atomic mass is 10.1. The summed E-state index contributed by atoms with van der Waals surface area (Å²) in [6.07, 6.45) is 1.92. The minimum atomic E-state index is -3.85. The van der Waals surface area contributed by atoms with E-state index >= 15 is 0 Å². The molecule has 3 aromatic carbocycles. The van der Waals surface area contributed by atoms with Crippen LogP contribution in [0.4, 0.5) is 0 Å². The molecule has 0 atom stereocenters. The van der Waals surface area contributed by atoms with Crippen molar-refractivity contribution in [2.45, 2.75) is 45.8 Å². The maximum Gasteiger partial charge on any atom is 0.307 e. The average molecular weight is 499 g/mol. The van der Waals surface area contributed by atoms with Gasteiger partial charge in [-0.25, -0.2) is 8.42 Å². The van der Waals surface area contributed by atoms with Gasteiger partial charge in [-0.15, -0.1) is 0 Å². The molecule has 0 aliphatic heterocycles. The molecular formula is C26H26O6S2. The van der Waals surface area contributed by atoms with Gasteiger partial charge in [0, 0.05) is 9.79 Å². The monoisotopic (exact) mass is 498 g/mol. The number of carboxylic acid groups (broad SMARTS) is 1. The second-order valence-electron chi connectivity index (χ2n) is 8.12. The molecule has 1 N–H and O–H groups in total. The number of carbonyl (C=O) groups is 1. The van der Waals surface area contributed by atoms with Gasteiger partial charge in [0.25, 0.3) is 0 Å². The Hall–Kier alpha value is -2.97. The Labute approximate surface area is 203 Å². The van der Waals surface area contributed by atoms with E-state index in [1.165, 1.54) is 23.9 Å². The number of benzene rings is 3. The molecule has 4 rings (SSSR count). The lowest BCUT2D eigenvalue weighted by Gasteiger charge is -2.12. The van der Waals surface area contributed by atoms with E-state index in [9.17, 15) is 18.3 Å². The van der Waals surface area contributed by atoms with E-state index in [2.05, 4.69) is 0 Å². The van der Waals surface area contributed by atoms with Gasteiger partial charge in [0.2, 0.25) is 9.84 Å². The van der Waals surface area contributed by atoms with Gasteiger partial charge >= 0.3 is 5.97 Å². The summed E-state index contributed by atoms with van der Waals surface area (Å²) >= 11 is 1.51. The number of hydrogen-bond donors (Lipinski definition) is 1. The highest BCUT2D eigenvalue weighted by Gasteiger charge is 2.24. The lowest BCUT2D eigenvalue weighted by Crippen LogP contribution is -2.07. The summed E-state index contributed by atoms with van der Waals surface area (Å²) in [7, 11) is -3.85.